The summed E-state index contributed by atoms with van der Waals surface area (Å²) in [6.07, 6.45) is 5.86. The Hall–Kier alpha value is -4.04. The van der Waals surface area contributed by atoms with Crippen LogP contribution in [0.5, 0.6) is 5.75 Å². The molecule has 0 saturated heterocycles. The van der Waals surface area contributed by atoms with Crippen LogP contribution in [-0.2, 0) is 25.8 Å². The maximum atomic E-state index is 9.14. The molecule has 0 aliphatic carbocycles. The molecule has 35 heavy (non-hydrogen) atoms. The first kappa shape index (κ1) is 25.6. The second kappa shape index (κ2) is 10.1. The van der Waals surface area contributed by atoms with E-state index in [1.54, 1.807) is 13.2 Å². The van der Waals surface area contributed by atoms with E-state index in [1.807, 2.05) is 57.1 Å². The van der Waals surface area contributed by atoms with Crippen molar-refractivity contribution in [3.05, 3.63) is 77.3 Å². The molecule has 0 unspecified atom stereocenters. The summed E-state index contributed by atoms with van der Waals surface area (Å²) in [7, 11) is 5.46. The number of hydrogen-bond donors (Lipinski definition) is 0. The SMILES string of the molecule is [C-]#[N+]c1c[c-]n(-c2cc(OC)cc(C(C)(C)c3cc(N(C)C)cc(-n4[c-]cc(C#N)n4)n3)n2)n1.[Pd+2]. The predicted molar refractivity (Wildman–Crippen MR) is 124 cm³/mol. The average Bonchev–Trinajstić information content (AvgIpc) is 3.53. The molecule has 4 aromatic heterocycles. The van der Waals surface area contributed by atoms with Crippen molar-refractivity contribution in [2.75, 3.05) is 26.1 Å². The molecule has 0 aromatic carbocycles. The minimum atomic E-state index is -0.662. The molecule has 0 spiro atoms. The van der Waals surface area contributed by atoms with E-state index < -0.39 is 5.41 Å². The second-order valence-corrected chi connectivity index (χ2v) is 8.18. The molecule has 0 bridgehead atoms. The third-order valence-corrected chi connectivity index (χ3v) is 5.33. The van der Waals surface area contributed by atoms with Crippen molar-refractivity contribution in [3.8, 4) is 23.5 Å². The molecule has 0 N–H and O–H groups in total. The Kier molecular flexibility index (Phi) is 7.36. The Labute approximate surface area is 217 Å². The van der Waals surface area contributed by atoms with Gasteiger partial charge in [0.1, 0.15) is 5.75 Å². The fourth-order valence-electron chi connectivity index (χ4n) is 3.27. The average molecular weight is 558 g/mol. The molecule has 4 heterocycles. The van der Waals surface area contributed by atoms with Crippen LogP contribution in [0.15, 0.2) is 36.4 Å². The van der Waals surface area contributed by atoms with Crippen LogP contribution in [-0.4, -0.2) is 50.7 Å². The molecule has 0 aliphatic heterocycles. The Balaban J connectivity index is 0.00000342. The maximum absolute atomic E-state index is 9.14. The molecule has 4 rings (SSSR count). The van der Waals surface area contributed by atoms with Crippen LogP contribution in [0.25, 0.3) is 16.5 Å². The van der Waals surface area contributed by atoms with Gasteiger partial charge in [-0.3, -0.25) is 9.97 Å². The predicted octanol–water partition coefficient (Wildman–Crippen LogP) is 3.27. The van der Waals surface area contributed by atoms with E-state index in [1.165, 1.54) is 21.5 Å². The largest absolute Gasteiger partial charge is 2.00 e. The summed E-state index contributed by atoms with van der Waals surface area (Å²) in [6, 6.07) is 12.5. The molecule has 0 atom stereocenters. The van der Waals surface area contributed by atoms with Crippen molar-refractivity contribution < 1.29 is 25.2 Å². The normalized spacial score (nSPS) is 10.7. The first-order chi connectivity index (χ1) is 16.2. The summed E-state index contributed by atoms with van der Waals surface area (Å²) < 4.78 is 8.40. The summed E-state index contributed by atoms with van der Waals surface area (Å²) in [5, 5.41) is 17.6. The van der Waals surface area contributed by atoms with Gasteiger partial charge in [-0.2, -0.15) is 0 Å². The molecule has 0 radical (unpaired) electrons. The van der Waals surface area contributed by atoms with Gasteiger partial charge in [0, 0.05) is 42.7 Å². The van der Waals surface area contributed by atoms with E-state index in [9.17, 15) is 0 Å². The van der Waals surface area contributed by atoms with Crippen molar-refractivity contribution in [2.45, 2.75) is 19.3 Å². The zero-order valence-corrected chi connectivity index (χ0v) is 21.3. The van der Waals surface area contributed by atoms with E-state index >= 15 is 0 Å². The van der Waals surface area contributed by atoms with Crippen molar-refractivity contribution in [2.24, 2.45) is 0 Å². The summed E-state index contributed by atoms with van der Waals surface area (Å²) in [5.41, 5.74) is 1.91. The van der Waals surface area contributed by atoms with Crippen LogP contribution in [0.3, 0.4) is 0 Å². The molecular weight excluding hydrogens is 537 g/mol. The van der Waals surface area contributed by atoms with Gasteiger partial charge < -0.3 is 19.2 Å². The van der Waals surface area contributed by atoms with Gasteiger partial charge in [-0.1, -0.05) is 18.8 Å². The molecule has 4 aromatic rings. The number of aromatic nitrogens is 6. The van der Waals surface area contributed by atoms with Gasteiger partial charge in [0.05, 0.1) is 30.5 Å². The Morgan fingerprint density at radius 3 is 2.23 bits per heavy atom. The minimum Gasteiger partial charge on any atom is -0.498 e. The van der Waals surface area contributed by atoms with Crippen LogP contribution in [0.4, 0.5) is 11.5 Å². The van der Waals surface area contributed by atoms with Crippen molar-refractivity contribution >= 4 is 11.5 Å². The zero-order valence-electron chi connectivity index (χ0n) is 19.7. The number of nitrogens with zero attached hydrogens (tertiary/aromatic N) is 9. The number of rotatable bonds is 6. The first-order valence-corrected chi connectivity index (χ1v) is 10.3. The number of anilines is 1. The van der Waals surface area contributed by atoms with E-state index in [-0.39, 0.29) is 31.9 Å². The minimum absolute atomic E-state index is 0. The second-order valence-electron chi connectivity index (χ2n) is 8.18. The van der Waals surface area contributed by atoms with Crippen LogP contribution in [0, 0.1) is 30.3 Å². The van der Waals surface area contributed by atoms with E-state index in [0.717, 1.165) is 11.4 Å². The third-order valence-electron chi connectivity index (χ3n) is 5.33. The van der Waals surface area contributed by atoms with Gasteiger partial charge in [0.25, 0.3) is 0 Å². The van der Waals surface area contributed by atoms with Crippen LogP contribution < -0.4 is 9.64 Å². The first-order valence-electron chi connectivity index (χ1n) is 10.3. The van der Waals surface area contributed by atoms with Gasteiger partial charge in [-0.25, -0.2) is 15.0 Å². The van der Waals surface area contributed by atoms with Crippen molar-refractivity contribution in [1.29, 1.82) is 5.26 Å². The summed E-state index contributed by atoms with van der Waals surface area (Å²) in [5.74, 6) is 1.81. The molecule has 0 fully saturated rings. The number of nitriles is 1. The fraction of sp³-hybridized carbons (Fsp3) is 0.250. The Bertz CT molecular complexity index is 1440. The van der Waals surface area contributed by atoms with Gasteiger partial charge in [-0.15, -0.1) is 6.07 Å². The molecule has 10 nitrogen and oxygen atoms in total. The number of pyridine rings is 2. The molecule has 0 saturated carbocycles. The standard InChI is InChI=1S/C24H21N9O.Pd/c1-24(2,20-13-18(34-6)14-23(28-20)33-10-8-21(26-3)30-33)19-11-17(31(4)5)12-22(27-19)32-9-7-16(15-25)29-32;/h7-8,11-14H,1-2,4-6H3;/q-2;+2. The Morgan fingerprint density at radius 1 is 1.03 bits per heavy atom. The van der Waals surface area contributed by atoms with Gasteiger partial charge in [-0.05, 0) is 43.3 Å². The van der Waals surface area contributed by atoms with Gasteiger partial charge in [0.2, 0.25) is 0 Å². The molecular formula is C24H21N9OPd. The van der Waals surface area contributed by atoms with Crippen molar-refractivity contribution in [1.82, 2.24) is 29.5 Å². The smallest absolute Gasteiger partial charge is 0.498 e. The van der Waals surface area contributed by atoms with Crippen LogP contribution in [0.1, 0.15) is 30.9 Å². The number of methoxy groups -OCH3 is 1. The maximum Gasteiger partial charge on any atom is 2.00 e. The van der Waals surface area contributed by atoms with Crippen LogP contribution >= 0.6 is 0 Å². The quantitative estimate of drug-likeness (QED) is 0.265. The summed E-state index contributed by atoms with van der Waals surface area (Å²) in [4.78, 5) is 14.9. The van der Waals surface area contributed by atoms with E-state index in [4.69, 9.17) is 26.5 Å². The summed E-state index contributed by atoms with van der Waals surface area (Å²) in [6.45, 7) is 11.2. The number of hydrogen-bond acceptors (Lipinski definition) is 7. The summed E-state index contributed by atoms with van der Waals surface area (Å²) >= 11 is 0. The molecule has 0 amide bonds. The van der Waals surface area contributed by atoms with E-state index in [2.05, 4.69) is 27.4 Å². The monoisotopic (exact) mass is 557 g/mol. The molecule has 178 valence electrons. The zero-order chi connectivity index (χ0) is 24.5. The number of ether oxygens (including phenoxy) is 1. The molecule has 0 aliphatic rings. The molecule has 11 heteroatoms. The topological polar surface area (TPSA) is 102 Å². The van der Waals surface area contributed by atoms with Gasteiger partial charge >= 0.3 is 26.2 Å². The van der Waals surface area contributed by atoms with E-state index in [0.29, 0.717) is 23.1 Å². The van der Waals surface area contributed by atoms with Gasteiger partial charge in [0.15, 0.2) is 0 Å². The fourth-order valence-corrected chi connectivity index (χ4v) is 3.27. The Morgan fingerprint density at radius 2 is 1.66 bits per heavy atom. The van der Waals surface area contributed by atoms with Crippen LogP contribution in [0.2, 0.25) is 0 Å². The third kappa shape index (κ3) is 5.07. The van der Waals surface area contributed by atoms with Crippen molar-refractivity contribution in [3.63, 3.8) is 0 Å².